The maximum absolute atomic E-state index is 13.2. The molecule has 1 aliphatic carbocycles. The molecule has 28 heavy (non-hydrogen) atoms. The van der Waals surface area contributed by atoms with Crippen LogP contribution in [0.4, 0.5) is 18.9 Å². The molecule has 2 aromatic rings. The van der Waals surface area contributed by atoms with Crippen molar-refractivity contribution < 1.29 is 13.2 Å². The third kappa shape index (κ3) is 3.22. The molecular formula is C19H15F3N4OS. The van der Waals surface area contributed by atoms with Crippen molar-refractivity contribution in [1.82, 2.24) is 13.9 Å². The van der Waals surface area contributed by atoms with E-state index in [1.807, 2.05) is 31.2 Å². The van der Waals surface area contributed by atoms with Crippen LogP contribution in [0.1, 0.15) is 12.5 Å². The summed E-state index contributed by atoms with van der Waals surface area (Å²) in [6.07, 6.45) is -0.669. The maximum Gasteiger partial charge on any atom is 0.405 e. The average Bonchev–Trinajstić information content (AvgIpc) is 3.01. The van der Waals surface area contributed by atoms with E-state index < -0.39 is 12.7 Å². The van der Waals surface area contributed by atoms with Crippen molar-refractivity contribution in [3.63, 3.8) is 0 Å². The Morgan fingerprint density at radius 2 is 1.93 bits per heavy atom. The molecule has 2 heterocycles. The van der Waals surface area contributed by atoms with Crippen molar-refractivity contribution in [2.75, 3.05) is 11.9 Å². The normalized spacial score (nSPS) is 12.0. The maximum atomic E-state index is 13.2. The molecule has 0 radical (unpaired) electrons. The number of aromatic nitrogens is 3. The van der Waals surface area contributed by atoms with Crippen LogP contribution in [0.15, 0.2) is 47.7 Å². The zero-order chi connectivity index (χ0) is 19.9. The van der Waals surface area contributed by atoms with Crippen LogP contribution < -0.4 is 10.9 Å². The third-order valence-electron chi connectivity index (χ3n) is 4.48. The highest BCUT2D eigenvalue weighted by molar-refractivity contribution is 7.10. The van der Waals surface area contributed by atoms with Gasteiger partial charge in [0.05, 0.1) is 21.6 Å². The summed E-state index contributed by atoms with van der Waals surface area (Å²) in [5, 5.41) is 2.66. The second kappa shape index (κ2) is 6.90. The lowest BCUT2D eigenvalue weighted by Gasteiger charge is -2.10. The zero-order valence-corrected chi connectivity index (χ0v) is 15.6. The summed E-state index contributed by atoms with van der Waals surface area (Å²) >= 11 is 1.06. The predicted molar refractivity (Wildman–Crippen MR) is 104 cm³/mol. The van der Waals surface area contributed by atoms with Crippen LogP contribution in [-0.4, -0.2) is 26.6 Å². The highest BCUT2D eigenvalue weighted by Crippen LogP contribution is 2.42. The van der Waals surface area contributed by atoms with Gasteiger partial charge in [-0.3, -0.25) is 9.36 Å². The van der Waals surface area contributed by atoms with Crippen LogP contribution >= 0.6 is 11.5 Å². The van der Waals surface area contributed by atoms with Crippen LogP contribution in [0, 0.1) is 0 Å². The summed E-state index contributed by atoms with van der Waals surface area (Å²) in [7, 11) is 0. The highest BCUT2D eigenvalue weighted by Gasteiger charge is 2.30. The van der Waals surface area contributed by atoms with Crippen LogP contribution in [0.5, 0.6) is 0 Å². The molecule has 1 aromatic heterocycles. The van der Waals surface area contributed by atoms with Crippen molar-refractivity contribution in [2.45, 2.75) is 19.5 Å². The number of halogens is 3. The number of hydrogen-bond acceptors (Lipinski definition) is 5. The van der Waals surface area contributed by atoms with Crippen molar-refractivity contribution in [1.29, 1.82) is 0 Å². The molecular weight excluding hydrogens is 389 g/mol. The summed E-state index contributed by atoms with van der Waals surface area (Å²) in [4.78, 5) is 18.0. The standard InChI is InChI=1S/C19H15F3N4OS/c1-2-11-3-5-12(6-4-11)26-10-24-16-14(18(26)27)17-13(7-8-25-28-17)15(16)23-9-19(20,21)22/h3-8,10,23H,2,9H2,1H3. The quantitative estimate of drug-likeness (QED) is 0.545. The molecule has 0 spiro atoms. The van der Waals surface area contributed by atoms with Gasteiger partial charge >= 0.3 is 6.18 Å². The molecule has 5 nitrogen and oxygen atoms in total. The molecule has 1 aromatic carbocycles. The van der Waals surface area contributed by atoms with Crippen LogP contribution in [0.2, 0.25) is 0 Å². The van der Waals surface area contributed by atoms with Gasteiger partial charge < -0.3 is 5.32 Å². The van der Waals surface area contributed by atoms with Crippen LogP contribution in [-0.2, 0) is 6.42 Å². The second-order valence-corrected chi connectivity index (χ2v) is 7.06. The lowest BCUT2D eigenvalue weighted by molar-refractivity contribution is -0.115. The second-order valence-electron chi connectivity index (χ2n) is 6.26. The summed E-state index contributed by atoms with van der Waals surface area (Å²) in [5.41, 5.74) is 2.35. The number of nitrogens with zero attached hydrogens (tertiary/aromatic N) is 3. The first kappa shape index (κ1) is 18.4. The van der Waals surface area contributed by atoms with Crippen LogP contribution in [0.25, 0.3) is 27.0 Å². The Kier molecular flexibility index (Phi) is 4.54. The van der Waals surface area contributed by atoms with E-state index in [0.717, 1.165) is 23.5 Å². The van der Waals surface area contributed by atoms with Crippen LogP contribution in [0.3, 0.4) is 0 Å². The molecule has 0 saturated heterocycles. The topological polar surface area (TPSA) is 59.8 Å². The number of hydrogen-bond donors (Lipinski definition) is 1. The first-order chi connectivity index (χ1) is 13.4. The van der Waals surface area contributed by atoms with E-state index in [9.17, 15) is 18.0 Å². The van der Waals surface area contributed by atoms with E-state index in [-0.39, 0.29) is 22.1 Å². The van der Waals surface area contributed by atoms with Crippen molar-refractivity contribution in [2.24, 2.45) is 0 Å². The van der Waals surface area contributed by atoms with Gasteiger partial charge in [-0.25, -0.2) is 9.36 Å². The summed E-state index contributed by atoms with van der Waals surface area (Å²) in [5.74, 6) is 0. The molecule has 1 N–H and O–H groups in total. The van der Waals surface area contributed by atoms with E-state index in [1.54, 1.807) is 6.07 Å². The molecule has 0 bridgehead atoms. The van der Waals surface area contributed by atoms with E-state index in [1.165, 1.54) is 17.1 Å². The Morgan fingerprint density at radius 1 is 1.18 bits per heavy atom. The van der Waals surface area contributed by atoms with E-state index in [4.69, 9.17) is 0 Å². The zero-order valence-electron chi connectivity index (χ0n) is 14.7. The van der Waals surface area contributed by atoms with Gasteiger partial charge in [0, 0.05) is 11.8 Å². The molecule has 144 valence electrons. The van der Waals surface area contributed by atoms with Gasteiger partial charge in [-0.1, -0.05) is 19.1 Å². The fraction of sp³-hybridized carbons (Fsp3) is 0.211. The van der Waals surface area contributed by atoms with Gasteiger partial charge in [0.2, 0.25) is 0 Å². The predicted octanol–water partition coefficient (Wildman–Crippen LogP) is 4.48. The summed E-state index contributed by atoms with van der Waals surface area (Å²) in [6, 6.07) is 9.09. The number of rotatable bonds is 4. The largest absolute Gasteiger partial charge is 0.405 e. The number of benzene rings is 1. The van der Waals surface area contributed by atoms with Crippen molar-refractivity contribution in [3.05, 3.63) is 58.8 Å². The Bertz CT molecular complexity index is 1160. The first-order valence-corrected chi connectivity index (χ1v) is 9.34. The number of aryl methyl sites for hydroxylation is 1. The van der Waals surface area contributed by atoms with E-state index in [0.29, 0.717) is 16.1 Å². The minimum atomic E-state index is -4.39. The highest BCUT2D eigenvalue weighted by atomic mass is 32.1. The molecule has 9 heteroatoms. The summed E-state index contributed by atoms with van der Waals surface area (Å²) in [6.45, 7) is 0.826. The van der Waals surface area contributed by atoms with Gasteiger partial charge in [-0.05, 0) is 41.7 Å². The fourth-order valence-electron chi connectivity index (χ4n) is 3.11. The van der Waals surface area contributed by atoms with Gasteiger partial charge in [-0.15, -0.1) is 0 Å². The van der Waals surface area contributed by atoms with Gasteiger partial charge in [0.15, 0.2) is 0 Å². The SMILES string of the molecule is CCc1ccc(-n2cnc3c(NCC(F)(F)F)c4ccnsc-4c3c2=O)cc1. The fourth-order valence-corrected chi connectivity index (χ4v) is 3.88. The molecule has 2 aliphatic rings. The lowest BCUT2D eigenvalue weighted by Crippen LogP contribution is -2.21. The molecule has 0 saturated carbocycles. The lowest BCUT2D eigenvalue weighted by atomic mass is 10.1. The smallest absolute Gasteiger partial charge is 0.374 e. The molecule has 0 amide bonds. The molecule has 0 atom stereocenters. The molecule has 4 rings (SSSR count). The van der Waals surface area contributed by atoms with Crippen molar-refractivity contribution in [3.8, 4) is 16.1 Å². The Morgan fingerprint density at radius 3 is 2.61 bits per heavy atom. The summed E-state index contributed by atoms with van der Waals surface area (Å²) < 4.78 is 43.6. The number of alkyl halides is 3. The molecule has 1 aliphatic heterocycles. The van der Waals surface area contributed by atoms with Gasteiger partial charge in [0.1, 0.15) is 18.4 Å². The Labute approximate surface area is 162 Å². The number of nitrogens with one attached hydrogen (secondary N) is 1. The average molecular weight is 404 g/mol. The van der Waals surface area contributed by atoms with Gasteiger partial charge in [0.25, 0.3) is 5.56 Å². The minimum absolute atomic E-state index is 0.201. The molecule has 0 fully saturated rings. The number of anilines is 1. The first-order valence-electron chi connectivity index (χ1n) is 8.56. The minimum Gasteiger partial charge on any atom is -0.374 e. The monoisotopic (exact) mass is 404 g/mol. The van der Waals surface area contributed by atoms with Gasteiger partial charge in [-0.2, -0.15) is 13.2 Å². The Hall–Kier alpha value is -2.94. The van der Waals surface area contributed by atoms with E-state index >= 15 is 0 Å². The Balaban J connectivity index is 1.90. The van der Waals surface area contributed by atoms with E-state index in [2.05, 4.69) is 14.7 Å². The number of fused-ring (bicyclic) bond motifs is 3. The third-order valence-corrected chi connectivity index (χ3v) is 5.32. The van der Waals surface area contributed by atoms with Crippen molar-refractivity contribution >= 4 is 28.1 Å². The molecule has 0 unspecified atom stereocenters.